The van der Waals surface area contributed by atoms with E-state index in [9.17, 15) is 9.59 Å². The molecule has 6 nitrogen and oxygen atoms in total. The fourth-order valence-electron chi connectivity index (χ4n) is 1.79. The predicted molar refractivity (Wildman–Crippen MR) is 63.9 cm³/mol. The molecule has 0 unspecified atom stereocenters. The first kappa shape index (κ1) is 12.0. The number of hydrogen-bond acceptors (Lipinski definition) is 6. The third-order valence-electron chi connectivity index (χ3n) is 2.71. The van der Waals surface area contributed by atoms with Gasteiger partial charge in [0.2, 0.25) is 11.8 Å². The van der Waals surface area contributed by atoms with E-state index < -0.39 is 5.41 Å². The van der Waals surface area contributed by atoms with E-state index >= 15 is 0 Å². The van der Waals surface area contributed by atoms with Gasteiger partial charge in [0.15, 0.2) is 5.13 Å². The molecule has 0 atom stereocenters. The highest BCUT2D eigenvalue weighted by Crippen LogP contribution is 2.33. The maximum Gasteiger partial charge on any atom is 0.235 e. The molecule has 92 valence electrons. The molecule has 3 N–H and O–H groups in total. The zero-order valence-electron chi connectivity index (χ0n) is 9.69. The van der Waals surface area contributed by atoms with Gasteiger partial charge in [-0.3, -0.25) is 19.9 Å². The highest BCUT2D eigenvalue weighted by molar-refractivity contribution is 7.15. The lowest BCUT2D eigenvalue weighted by Gasteiger charge is -2.16. The number of carbonyl (C=O) groups excluding carboxylic acids is 2. The maximum absolute atomic E-state index is 12.0. The van der Waals surface area contributed by atoms with E-state index in [0.29, 0.717) is 5.13 Å². The summed E-state index contributed by atoms with van der Waals surface area (Å²) in [4.78, 5) is 29.8. The van der Waals surface area contributed by atoms with Crippen LogP contribution in [0.4, 0.5) is 5.13 Å². The van der Waals surface area contributed by atoms with E-state index in [1.807, 2.05) is 0 Å². The van der Waals surface area contributed by atoms with E-state index in [-0.39, 0.29) is 24.8 Å². The molecular formula is C10H14N4O2S. The molecule has 0 aliphatic carbocycles. The Labute approximate surface area is 103 Å². The van der Waals surface area contributed by atoms with Crippen molar-refractivity contribution in [1.82, 2.24) is 9.88 Å². The van der Waals surface area contributed by atoms with Crippen LogP contribution in [0.25, 0.3) is 0 Å². The Balaban J connectivity index is 2.14. The molecule has 0 aromatic carbocycles. The van der Waals surface area contributed by atoms with Gasteiger partial charge in [-0.15, -0.1) is 0 Å². The second kappa shape index (κ2) is 4.08. The summed E-state index contributed by atoms with van der Waals surface area (Å²) < 4.78 is 0. The lowest BCUT2D eigenvalue weighted by atomic mass is 9.92. The molecule has 1 aliphatic rings. The molecule has 2 amide bonds. The number of amides is 2. The van der Waals surface area contributed by atoms with Crippen molar-refractivity contribution in [1.29, 1.82) is 0 Å². The molecule has 0 spiro atoms. The van der Waals surface area contributed by atoms with Gasteiger partial charge in [0.1, 0.15) is 0 Å². The summed E-state index contributed by atoms with van der Waals surface area (Å²) in [6, 6.07) is 0. The van der Waals surface area contributed by atoms with E-state index in [4.69, 9.17) is 5.84 Å². The van der Waals surface area contributed by atoms with Crippen molar-refractivity contribution in [2.24, 2.45) is 11.3 Å². The van der Waals surface area contributed by atoms with Gasteiger partial charge in [-0.1, -0.05) is 25.2 Å². The van der Waals surface area contributed by atoms with Gasteiger partial charge in [0.05, 0.1) is 12.0 Å². The Morgan fingerprint density at radius 2 is 2.29 bits per heavy atom. The number of thiazole rings is 1. The molecular weight excluding hydrogens is 240 g/mol. The fourth-order valence-corrected chi connectivity index (χ4v) is 2.50. The van der Waals surface area contributed by atoms with Crippen molar-refractivity contribution in [2.45, 2.75) is 26.8 Å². The van der Waals surface area contributed by atoms with Gasteiger partial charge >= 0.3 is 0 Å². The van der Waals surface area contributed by atoms with Crippen molar-refractivity contribution in [3.63, 3.8) is 0 Å². The number of imide groups is 1. The molecule has 1 aromatic rings. The van der Waals surface area contributed by atoms with Gasteiger partial charge < -0.3 is 0 Å². The largest absolute Gasteiger partial charge is 0.300 e. The molecule has 0 bridgehead atoms. The van der Waals surface area contributed by atoms with Crippen LogP contribution in [0.5, 0.6) is 0 Å². The summed E-state index contributed by atoms with van der Waals surface area (Å²) in [5, 5.41) is 0.568. The first-order valence-electron chi connectivity index (χ1n) is 5.20. The molecule has 17 heavy (non-hydrogen) atoms. The SMILES string of the molecule is CC1(C)CC(=O)N(Cc2cnc(NN)s2)C1=O. The minimum Gasteiger partial charge on any atom is -0.300 e. The number of aromatic nitrogens is 1. The van der Waals surface area contributed by atoms with Crippen molar-refractivity contribution < 1.29 is 9.59 Å². The topological polar surface area (TPSA) is 88.3 Å². The van der Waals surface area contributed by atoms with Crippen LogP contribution in [0.1, 0.15) is 25.1 Å². The fraction of sp³-hybridized carbons (Fsp3) is 0.500. The van der Waals surface area contributed by atoms with Crippen LogP contribution in [0, 0.1) is 5.41 Å². The Bertz CT molecular complexity index is 469. The number of likely N-dealkylation sites (tertiary alicyclic amines) is 1. The van der Waals surface area contributed by atoms with Crippen LogP contribution in [-0.4, -0.2) is 21.7 Å². The zero-order valence-corrected chi connectivity index (χ0v) is 10.5. The summed E-state index contributed by atoms with van der Waals surface area (Å²) in [6.07, 6.45) is 1.89. The van der Waals surface area contributed by atoms with Crippen LogP contribution in [0.15, 0.2) is 6.20 Å². The molecule has 0 radical (unpaired) electrons. The number of hydrazine groups is 1. The predicted octanol–water partition coefficient (Wildman–Crippen LogP) is 0.714. The number of nitrogens with one attached hydrogen (secondary N) is 1. The second-order valence-corrected chi connectivity index (χ2v) is 5.74. The Kier molecular flexibility index (Phi) is 2.88. The molecule has 7 heteroatoms. The van der Waals surface area contributed by atoms with E-state index in [2.05, 4.69) is 10.4 Å². The molecule has 0 saturated carbocycles. The summed E-state index contributed by atoms with van der Waals surface area (Å²) in [7, 11) is 0. The van der Waals surface area contributed by atoms with Gasteiger partial charge in [-0.25, -0.2) is 10.8 Å². The van der Waals surface area contributed by atoms with Crippen molar-refractivity contribution >= 4 is 28.3 Å². The van der Waals surface area contributed by atoms with Gasteiger partial charge in [0, 0.05) is 17.5 Å². The van der Waals surface area contributed by atoms with Crippen molar-refractivity contribution in [2.75, 3.05) is 5.43 Å². The average molecular weight is 254 g/mol. The first-order chi connectivity index (χ1) is 7.94. The number of nitrogen functional groups attached to an aromatic ring is 1. The lowest BCUT2D eigenvalue weighted by Crippen LogP contribution is -2.32. The summed E-state index contributed by atoms with van der Waals surface area (Å²) in [6.45, 7) is 3.85. The molecule has 1 fully saturated rings. The van der Waals surface area contributed by atoms with E-state index in [1.165, 1.54) is 16.2 Å². The lowest BCUT2D eigenvalue weighted by molar-refractivity contribution is -0.141. The summed E-state index contributed by atoms with van der Waals surface area (Å²) in [5.41, 5.74) is 1.84. The number of carbonyl (C=O) groups is 2. The van der Waals surface area contributed by atoms with Crippen LogP contribution in [0.3, 0.4) is 0 Å². The minimum absolute atomic E-state index is 0.127. The van der Waals surface area contributed by atoms with E-state index in [1.54, 1.807) is 20.0 Å². The van der Waals surface area contributed by atoms with Crippen LogP contribution >= 0.6 is 11.3 Å². The van der Waals surface area contributed by atoms with Crippen LogP contribution < -0.4 is 11.3 Å². The number of anilines is 1. The van der Waals surface area contributed by atoms with Crippen LogP contribution in [0.2, 0.25) is 0 Å². The molecule has 1 saturated heterocycles. The van der Waals surface area contributed by atoms with E-state index in [0.717, 1.165) is 4.88 Å². The highest BCUT2D eigenvalue weighted by Gasteiger charge is 2.44. The third-order valence-corrected chi connectivity index (χ3v) is 3.62. The Morgan fingerprint density at radius 1 is 1.59 bits per heavy atom. The van der Waals surface area contributed by atoms with Crippen molar-refractivity contribution in [3.05, 3.63) is 11.1 Å². The van der Waals surface area contributed by atoms with Crippen LogP contribution in [-0.2, 0) is 16.1 Å². The minimum atomic E-state index is -0.587. The average Bonchev–Trinajstić information content (AvgIpc) is 2.78. The van der Waals surface area contributed by atoms with Gasteiger partial charge in [0.25, 0.3) is 0 Å². The van der Waals surface area contributed by atoms with Crippen molar-refractivity contribution in [3.8, 4) is 0 Å². The van der Waals surface area contributed by atoms with Gasteiger partial charge in [-0.2, -0.15) is 0 Å². The number of hydrogen-bond donors (Lipinski definition) is 2. The second-order valence-electron chi connectivity index (χ2n) is 4.62. The molecule has 1 aliphatic heterocycles. The number of rotatable bonds is 3. The Morgan fingerprint density at radius 3 is 2.76 bits per heavy atom. The maximum atomic E-state index is 12.0. The van der Waals surface area contributed by atoms with Gasteiger partial charge in [-0.05, 0) is 0 Å². The zero-order chi connectivity index (χ0) is 12.6. The summed E-state index contributed by atoms with van der Waals surface area (Å²) in [5.74, 6) is 4.96. The normalized spacial score (nSPS) is 18.9. The molecule has 2 rings (SSSR count). The first-order valence-corrected chi connectivity index (χ1v) is 6.02. The molecule has 1 aromatic heterocycles. The highest BCUT2D eigenvalue weighted by atomic mass is 32.1. The summed E-state index contributed by atoms with van der Waals surface area (Å²) >= 11 is 1.33. The smallest absolute Gasteiger partial charge is 0.235 e. The Hall–Kier alpha value is -1.47. The third kappa shape index (κ3) is 2.16. The molecule has 2 heterocycles. The number of nitrogens with zero attached hydrogens (tertiary/aromatic N) is 2. The quantitative estimate of drug-likeness (QED) is 0.471. The number of nitrogens with two attached hydrogens (primary N) is 1. The standard InChI is InChI=1S/C10H14N4O2S/c1-10(2)3-7(15)14(8(10)16)5-6-4-12-9(13-11)17-6/h4H,3,5,11H2,1-2H3,(H,12,13). The monoisotopic (exact) mass is 254 g/mol.